The molecule has 2 aliphatic heterocycles. The highest BCUT2D eigenvalue weighted by molar-refractivity contribution is 5.77. The lowest BCUT2D eigenvalue weighted by Crippen LogP contribution is -2.67. The minimum atomic E-state index is -0.641. The van der Waals surface area contributed by atoms with Crippen LogP contribution in [0.5, 0.6) is 5.75 Å². The summed E-state index contributed by atoms with van der Waals surface area (Å²) in [6, 6.07) is 6.49. The summed E-state index contributed by atoms with van der Waals surface area (Å²) in [6.45, 7) is 1.97. The minimum Gasteiger partial charge on any atom is -0.493 e. The van der Waals surface area contributed by atoms with Crippen LogP contribution in [0.25, 0.3) is 11.3 Å². The Morgan fingerprint density at radius 1 is 1.32 bits per heavy atom. The average molecular weight is 347 g/mol. The minimum absolute atomic E-state index is 0.123. The molecule has 1 unspecified atom stereocenters. The van der Waals surface area contributed by atoms with Crippen LogP contribution in [0.2, 0.25) is 0 Å². The second kappa shape index (κ2) is 6.11. The SMILES string of the molecule is COc1c(F)cccc1-c1cc2c(nn1)NCC1(CF)CNCCN21. The number of piperazine rings is 1. The number of benzene rings is 1. The Labute approximate surface area is 144 Å². The van der Waals surface area contributed by atoms with Crippen molar-refractivity contribution in [1.82, 2.24) is 15.5 Å². The molecule has 0 radical (unpaired) electrons. The van der Waals surface area contributed by atoms with Gasteiger partial charge in [0, 0.05) is 31.7 Å². The largest absolute Gasteiger partial charge is 0.493 e. The van der Waals surface area contributed by atoms with Gasteiger partial charge in [-0.25, -0.2) is 8.78 Å². The molecule has 0 aliphatic carbocycles. The zero-order valence-corrected chi connectivity index (χ0v) is 13.9. The Balaban J connectivity index is 1.82. The Morgan fingerprint density at radius 2 is 2.20 bits per heavy atom. The van der Waals surface area contributed by atoms with E-state index in [9.17, 15) is 8.78 Å². The number of nitrogens with zero attached hydrogens (tertiary/aromatic N) is 3. The number of hydrogen-bond donors (Lipinski definition) is 2. The third-order valence-electron chi connectivity index (χ3n) is 4.88. The van der Waals surface area contributed by atoms with Gasteiger partial charge in [-0.3, -0.25) is 0 Å². The topological polar surface area (TPSA) is 62.3 Å². The molecule has 2 aliphatic rings. The van der Waals surface area contributed by atoms with Crippen LogP contribution in [0.4, 0.5) is 20.3 Å². The maximum atomic E-state index is 14.0. The van der Waals surface area contributed by atoms with Gasteiger partial charge >= 0.3 is 0 Å². The van der Waals surface area contributed by atoms with Gasteiger partial charge in [0.15, 0.2) is 17.4 Å². The van der Waals surface area contributed by atoms with Crippen molar-refractivity contribution in [3.8, 4) is 17.0 Å². The maximum Gasteiger partial charge on any atom is 0.172 e. The van der Waals surface area contributed by atoms with Gasteiger partial charge < -0.3 is 20.3 Å². The van der Waals surface area contributed by atoms with Crippen molar-refractivity contribution in [1.29, 1.82) is 0 Å². The molecule has 6 nitrogen and oxygen atoms in total. The van der Waals surface area contributed by atoms with E-state index in [1.165, 1.54) is 13.2 Å². The summed E-state index contributed by atoms with van der Waals surface area (Å²) in [5.41, 5.74) is 1.15. The van der Waals surface area contributed by atoms with Crippen LogP contribution in [0.3, 0.4) is 0 Å². The number of hydrogen-bond acceptors (Lipinski definition) is 6. The van der Waals surface area contributed by atoms with E-state index in [0.29, 0.717) is 36.7 Å². The van der Waals surface area contributed by atoms with E-state index in [1.807, 2.05) is 11.0 Å². The van der Waals surface area contributed by atoms with Crippen LogP contribution in [0.1, 0.15) is 0 Å². The molecule has 2 N–H and O–H groups in total. The number of alkyl halides is 1. The van der Waals surface area contributed by atoms with E-state index in [1.54, 1.807) is 12.1 Å². The van der Waals surface area contributed by atoms with Crippen molar-refractivity contribution in [2.45, 2.75) is 5.54 Å². The van der Waals surface area contributed by atoms with Gasteiger partial charge in [0.2, 0.25) is 0 Å². The van der Waals surface area contributed by atoms with E-state index in [-0.39, 0.29) is 5.75 Å². The van der Waals surface area contributed by atoms with Gasteiger partial charge in [0.25, 0.3) is 0 Å². The fourth-order valence-electron chi connectivity index (χ4n) is 3.56. The Hall–Kier alpha value is -2.48. The highest BCUT2D eigenvalue weighted by atomic mass is 19.1. The lowest BCUT2D eigenvalue weighted by atomic mass is 9.93. The lowest BCUT2D eigenvalue weighted by Gasteiger charge is -2.50. The summed E-state index contributed by atoms with van der Waals surface area (Å²) in [5.74, 6) is 0.278. The molecule has 1 fully saturated rings. The zero-order valence-electron chi connectivity index (χ0n) is 13.9. The van der Waals surface area contributed by atoms with E-state index < -0.39 is 18.0 Å². The first-order valence-corrected chi connectivity index (χ1v) is 8.17. The molecule has 4 rings (SSSR count). The Kier molecular flexibility index (Phi) is 3.91. The van der Waals surface area contributed by atoms with Crippen molar-refractivity contribution in [3.05, 3.63) is 30.1 Å². The summed E-state index contributed by atoms with van der Waals surface area (Å²) in [7, 11) is 1.42. The lowest BCUT2D eigenvalue weighted by molar-refractivity contribution is 0.260. The number of nitrogens with one attached hydrogen (secondary N) is 2. The molecule has 25 heavy (non-hydrogen) atoms. The van der Waals surface area contributed by atoms with Gasteiger partial charge in [-0.2, -0.15) is 0 Å². The fourth-order valence-corrected chi connectivity index (χ4v) is 3.56. The van der Waals surface area contributed by atoms with Gasteiger partial charge in [-0.15, -0.1) is 10.2 Å². The molecule has 0 spiro atoms. The van der Waals surface area contributed by atoms with Crippen LogP contribution in [-0.4, -0.2) is 55.7 Å². The molecular weight excluding hydrogens is 328 g/mol. The normalized spacial score (nSPS) is 22.0. The Morgan fingerprint density at radius 3 is 3.00 bits per heavy atom. The second-order valence-electron chi connectivity index (χ2n) is 6.32. The number of aromatic nitrogens is 2. The van der Waals surface area contributed by atoms with E-state index >= 15 is 0 Å². The molecule has 1 aromatic heterocycles. The molecule has 0 amide bonds. The second-order valence-corrected chi connectivity index (χ2v) is 6.32. The maximum absolute atomic E-state index is 14.0. The van der Waals surface area contributed by atoms with Crippen molar-refractivity contribution < 1.29 is 13.5 Å². The van der Waals surface area contributed by atoms with Crippen LogP contribution in [0.15, 0.2) is 24.3 Å². The number of fused-ring (bicyclic) bond motifs is 3. The molecule has 3 heterocycles. The predicted octanol–water partition coefficient (Wildman–Crippen LogP) is 1.83. The van der Waals surface area contributed by atoms with E-state index in [2.05, 4.69) is 20.8 Å². The summed E-state index contributed by atoms with van der Waals surface area (Å²) in [4.78, 5) is 2.04. The number of halogens is 2. The summed E-state index contributed by atoms with van der Waals surface area (Å²) >= 11 is 0. The summed E-state index contributed by atoms with van der Waals surface area (Å²) in [6.07, 6.45) is 0. The molecule has 2 aromatic rings. The number of anilines is 2. The molecule has 0 bridgehead atoms. The zero-order chi connectivity index (χ0) is 17.4. The van der Waals surface area contributed by atoms with Crippen LogP contribution in [0, 0.1) is 5.82 Å². The summed E-state index contributed by atoms with van der Waals surface area (Å²) in [5, 5.41) is 14.9. The smallest absolute Gasteiger partial charge is 0.172 e. The highest BCUT2D eigenvalue weighted by Crippen LogP contribution is 2.39. The monoisotopic (exact) mass is 347 g/mol. The summed E-state index contributed by atoms with van der Waals surface area (Å²) < 4.78 is 33.1. The molecule has 1 aromatic carbocycles. The standard InChI is InChI=1S/C17H19F2N5O/c1-25-15-11(3-2-4-12(15)19)13-7-14-16(23-22-13)21-10-17(8-18)9-20-5-6-24(14)17/h2-4,7,20H,5-6,8-10H2,1H3,(H,21,23). The van der Waals surface area contributed by atoms with Crippen LogP contribution >= 0.6 is 0 Å². The molecule has 0 saturated carbocycles. The van der Waals surface area contributed by atoms with Crippen LogP contribution in [-0.2, 0) is 0 Å². The highest BCUT2D eigenvalue weighted by Gasteiger charge is 2.43. The third kappa shape index (κ3) is 2.48. The Bertz CT molecular complexity index is 803. The van der Waals surface area contributed by atoms with E-state index in [4.69, 9.17) is 4.74 Å². The third-order valence-corrected chi connectivity index (χ3v) is 4.88. The molecule has 8 heteroatoms. The first kappa shape index (κ1) is 16.0. The molecule has 1 saturated heterocycles. The predicted molar refractivity (Wildman–Crippen MR) is 91.4 cm³/mol. The fraction of sp³-hybridized carbons (Fsp3) is 0.412. The van der Waals surface area contributed by atoms with Gasteiger partial charge in [0.1, 0.15) is 6.67 Å². The van der Waals surface area contributed by atoms with Crippen molar-refractivity contribution in [2.24, 2.45) is 0 Å². The average Bonchev–Trinajstić information content (AvgIpc) is 2.67. The van der Waals surface area contributed by atoms with Crippen LogP contribution < -0.4 is 20.3 Å². The first-order valence-electron chi connectivity index (χ1n) is 8.17. The van der Waals surface area contributed by atoms with Gasteiger partial charge in [0.05, 0.1) is 24.0 Å². The number of rotatable bonds is 3. The molecule has 132 valence electrons. The molecular formula is C17H19F2N5O. The van der Waals surface area contributed by atoms with E-state index in [0.717, 1.165) is 12.2 Å². The van der Waals surface area contributed by atoms with Crippen molar-refractivity contribution in [3.63, 3.8) is 0 Å². The van der Waals surface area contributed by atoms with Crippen molar-refractivity contribution in [2.75, 3.05) is 50.2 Å². The number of ether oxygens (including phenoxy) is 1. The number of para-hydroxylation sites is 1. The quantitative estimate of drug-likeness (QED) is 0.883. The van der Waals surface area contributed by atoms with Gasteiger partial charge in [-0.05, 0) is 18.2 Å². The van der Waals surface area contributed by atoms with Crippen molar-refractivity contribution >= 4 is 11.5 Å². The number of methoxy groups -OCH3 is 1. The molecule has 1 atom stereocenters. The van der Waals surface area contributed by atoms with Gasteiger partial charge in [-0.1, -0.05) is 6.07 Å². The first-order chi connectivity index (χ1) is 12.2.